The van der Waals surface area contributed by atoms with Crippen molar-refractivity contribution in [3.05, 3.63) is 0 Å². The molecule has 10 heavy (non-hydrogen) atoms. The minimum Gasteiger partial charge on any atom is -0.369 e. The molecule has 0 spiro atoms. The molecule has 0 aliphatic heterocycles. The summed E-state index contributed by atoms with van der Waals surface area (Å²) in [6, 6.07) is 0. The smallest absolute Gasteiger partial charge is 0.223 e. The summed E-state index contributed by atoms with van der Waals surface area (Å²) in [4.78, 5) is 11.0. The zero-order valence-electron chi connectivity index (χ0n) is 6.68. The van der Waals surface area contributed by atoms with Crippen LogP contribution >= 0.6 is 0 Å². The Morgan fingerprint density at radius 1 is 1.50 bits per heavy atom. The minimum absolute atomic E-state index is 0.103. The molecule has 0 heterocycles. The van der Waals surface area contributed by atoms with E-state index in [9.17, 15) is 4.79 Å². The van der Waals surface area contributed by atoms with Crippen LogP contribution in [-0.2, 0) is 4.79 Å². The molecule has 1 amide bonds. The van der Waals surface area contributed by atoms with Gasteiger partial charge in [-0.25, -0.2) is 0 Å². The molecular formula is C8H15NO. The second-order valence-electron chi connectivity index (χ2n) is 3.53. The highest BCUT2D eigenvalue weighted by Crippen LogP contribution is 2.46. The molecule has 0 aromatic rings. The van der Waals surface area contributed by atoms with E-state index in [2.05, 4.69) is 13.8 Å². The van der Waals surface area contributed by atoms with Gasteiger partial charge in [-0.1, -0.05) is 20.3 Å². The van der Waals surface area contributed by atoms with Crippen molar-refractivity contribution in [3.63, 3.8) is 0 Å². The van der Waals surface area contributed by atoms with Gasteiger partial charge in [-0.05, 0) is 18.8 Å². The van der Waals surface area contributed by atoms with Gasteiger partial charge in [0.05, 0.1) is 5.41 Å². The lowest BCUT2D eigenvalue weighted by molar-refractivity contribution is -0.136. The summed E-state index contributed by atoms with van der Waals surface area (Å²) in [5, 5.41) is 0. The van der Waals surface area contributed by atoms with Crippen LogP contribution in [0.15, 0.2) is 0 Å². The summed E-state index contributed by atoms with van der Waals surface area (Å²) >= 11 is 0. The second kappa shape index (κ2) is 2.26. The van der Waals surface area contributed by atoms with E-state index in [1.807, 2.05) is 0 Å². The number of rotatable bonds is 2. The summed E-state index contributed by atoms with van der Waals surface area (Å²) in [5.74, 6) is 0.313. The number of hydrogen-bond donors (Lipinski definition) is 1. The lowest BCUT2D eigenvalue weighted by Gasteiger charge is -2.42. The van der Waals surface area contributed by atoms with Crippen molar-refractivity contribution < 1.29 is 4.79 Å². The quantitative estimate of drug-likeness (QED) is 0.618. The molecule has 1 fully saturated rings. The maximum atomic E-state index is 11.0. The van der Waals surface area contributed by atoms with E-state index in [-0.39, 0.29) is 11.3 Å². The van der Waals surface area contributed by atoms with Crippen LogP contribution in [0.1, 0.15) is 33.1 Å². The Bertz CT molecular complexity index is 147. The van der Waals surface area contributed by atoms with Gasteiger partial charge < -0.3 is 5.73 Å². The first-order valence-electron chi connectivity index (χ1n) is 3.89. The standard InChI is InChI=1S/C8H15NO/c1-6(2)8(7(9)10)4-3-5-8/h6H,3-5H2,1-2H3,(H2,9,10). The van der Waals surface area contributed by atoms with Gasteiger partial charge in [0.15, 0.2) is 0 Å². The van der Waals surface area contributed by atoms with E-state index in [4.69, 9.17) is 5.73 Å². The fraction of sp³-hybridized carbons (Fsp3) is 0.875. The SMILES string of the molecule is CC(C)C1(C(N)=O)CCC1. The Morgan fingerprint density at radius 2 is 2.00 bits per heavy atom. The highest BCUT2D eigenvalue weighted by molar-refractivity contribution is 5.82. The molecule has 0 radical (unpaired) electrons. The molecule has 0 bridgehead atoms. The number of amides is 1. The third-order valence-electron chi connectivity index (χ3n) is 2.84. The summed E-state index contributed by atoms with van der Waals surface area (Å²) in [6.45, 7) is 4.15. The van der Waals surface area contributed by atoms with E-state index in [0.717, 1.165) is 12.8 Å². The molecular weight excluding hydrogens is 126 g/mol. The summed E-state index contributed by atoms with van der Waals surface area (Å²) in [7, 11) is 0. The molecule has 1 rings (SSSR count). The van der Waals surface area contributed by atoms with E-state index < -0.39 is 0 Å². The highest BCUT2D eigenvalue weighted by atomic mass is 16.1. The van der Waals surface area contributed by atoms with E-state index in [1.54, 1.807) is 0 Å². The Balaban J connectivity index is 2.68. The van der Waals surface area contributed by atoms with Crippen LogP contribution < -0.4 is 5.73 Å². The maximum absolute atomic E-state index is 11.0. The van der Waals surface area contributed by atoms with Crippen LogP contribution in [0.2, 0.25) is 0 Å². The first-order chi connectivity index (χ1) is 4.59. The zero-order valence-corrected chi connectivity index (χ0v) is 6.68. The number of primary amides is 1. The summed E-state index contributed by atoms with van der Waals surface area (Å²) in [5.41, 5.74) is 5.16. The molecule has 2 heteroatoms. The first-order valence-corrected chi connectivity index (χ1v) is 3.89. The van der Waals surface area contributed by atoms with E-state index >= 15 is 0 Å². The number of hydrogen-bond acceptors (Lipinski definition) is 1. The van der Waals surface area contributed by atoms with Gasteiger partial charge in [0.2, 0.25) is 5.91 Å². The topological polar surface area (TPSA) is 43.1 Å². The third kappa shape index (κ3) is 0.825. The predicted octanol–water partition coefficient (Wildman–Crippen LogP) is 1.30. The molecule has 2 N–H and O–H groups in total. The van der Waals surface area contributed by atoms with Crippen LogP contribution in [0.25, 0.3) is 0 Å². The lowest BCUT2D eigenvalue weighted by Crippen LogP contribution is -2.46. The van der Waals surface area contributed by atoms with Crippen LogP contribution in [0.3, 0.4) is 0 Å². The van der Waals surface area contributed by atoms with E-state index in [0.29, 0.717) is 5.92 Å². The number of nitrogens with two attached hydrogens (primary N) is 1. The van der Waals surface area contributed by atoms with Gasteiger partial charge in [-0.15, -0.1) is 0 Å². The van der Waals surface area contributed by atoms with Gasteiger partial charge in [-0.3, -0.25) is 4.79 Å². The highest BCUT2D eigenvalue weighted by Gasteiger charge is 2.44. The van der Waals surface area contributed by atoms with Crippen LogP contribution in [-0.4, -0.2) is 5.91 Å². The molecule has 1 aliphatic carbocycles. The van der Waals surface area contributed by atoms with Crippen molar-refractivity contribution in [2.24, 2.45) is 17.1 Å². The number of carbonyl (C=O) groups excluding carboxylic acids is 1. The Hall–Kier alpha value is -0.530. The average molecular weight is 141 g/mol. The predicted molar refractivity (Wildman–Crippen MR) is 40.3 cm³/mol. The van der Waals surface area contributed by atoms with Crippen molar-refractivity contribution in [1.29, 1.82) is 0 Å². The Morgan fingerprint density at radius 3 is 2.00 bits per heavy atom. The van der Waals surface area contributed by atoms with E-state index in [1.165, 1.54) is 6.42 Å². The molecule has 1 saturated carbocycles. The normalized spacial score (nSPS) is 22.3. The van der Waals surface area contributed by atoms with Crippen molar-refractivity contribution in [3.8, 4) is 0 Å². The average Bonchev–Trinajstić information content (AvgIpc) is 1.57. The van der Waals surface area contributed by atoms with Crippen LogP contribution in [0.4, 0.5) is 0 Å². The molecule has 0 aromatic carbocycles. The monoisotopic (exact) mass is 141 g/mol. The van der Waals surface area contributed by atoms with Crippen LogP contribution in [0, 0.1) is 11.3 Å². The second-order valence-corrected chi connectivity index (χ2v) is 3.53. The summed E-state index contributed by atoms with van der Waals surface area (Å²) in [6.07, 6.45) is 3.17. The van der Waals surface area contributed by atoms with Gasteiger partial charge >= 0.3 is 0 Å². The maximum Gasteiger partial charge on any atom is 0.223 e. The van der Waals surface area contributed by atoms with Crippen molar-refractivity contribution in [2.45, 2.75) is 33.1 Å². The third-order valence-corrected chi connectivity index (χ3v) is 2.84. The lowest BCUT2D eigenvalue weighted by atomic mass is 9.62. The zero-order chi connectivity index (χ0) is 7.78. The summed E-state index contributed by atoms with van der Waals surface area (Å²) < 4.78 is 0. The molecule has 2 nitrogen and oxygen atoms in total. The minimum atomic E-state index is -0.139. The Kier molecular flexibility index (Phi) is 1.71. The van der Waals surface area contributed by atoms with Crippen LogP contribution in [0.5, 0.6) is 0 Å². The number of carbonyl (C=O) groups is 1. The van der Waals surface area contributed by atoms with Gasteiger partial charge in [0.25, 0.3) is 0 Å². The van der Waals surface area contributed by atoms with Crippen molar-refractivity contribution >= 4 is 5.91 Å². The first kappa shape index (κ1) is 7.58. The molecule has 58 valence electrons. The van der Waals surface area contributed by atoms with Crippen molar-refractivity contribution in [1.82, 2.24) is 0 Å². The van der Waals surface area contributed by atoms with Gasteiger partial charge in [0.1, 0.15) is 0 Å². The Labute approximate surface area is 61.8 Å². The fourth-order valence-corrected chi connectivity index (χ4v) is 1.67. The van der Waals surface area contributed by atoms with Gasteiger partial charge in [-0.2, -0.15) is 0 Å². The fourth-order valence-electron chi connectivity index (χ4n) is 1.67. The molecule has 0 unspecified atom stereocenters. The molecule has 1 aliphatic rings. The molecule has 0 saturated heterocycles. The van der Waals surface area contributed by atoms with Gasteiger partial charge in [0, 0.05) is 0 Å². The van der Waals surface area contributed by atoms with Crippen molar-refractivity contribution in [2.75, 3.05) is 0 Å². The molecule has 0 aromatic heterocycles. The largest absolute Gasteiger partial charge is 0.369 e. The molecule has 0 atom stereocenters.